The van der Waals surface area contributed by atoms with Crippen molar-refractivity contribution in [3.63, 3.8) is 0 Å². The van der Waals surface area contributed by atoms with Crippen molar-refractivity contribution in [3.05, 3.63) is 11.3 Å². The van der Waals surface area contributed by atoms with E-state index in [0.717, 1.165) is 61.5 Å². The summed E-state index contributed by atoms with van der Waals surface area (Å²) in [5.74, 6) is 2.17. The minimum Gasteiger partial charge on any atom is -0.455 e. The zero-order valence-electron chi connectivity index (χ0n) is 13.2. The van der Waals surface area contributed by atoms with Crippen LogP contribution in [0, 0.1) is 0 Å². The van der Waals surface area contributed by atoms with Gasteiger partial charge in [0.2, 0.25) is 5.95 Å². The topological polar surface area (TPSA) is 94.2 Å². The molecule has 0 saturated carbocycles. The largest absolute Gasteiger partial charge is 0.455 e. The normalized spacial score (nSPS) is 24.0. The van der Waals surface area contributed by atoms with Gasteiger partial charge in [-0.1, -0.05) is 13.8 Å². The minimum absolute atomic E-state index is 0.0434. The smallest absolute Gasteiger partial charge is 0.222 e. The molecule has 1 atom stereocenters. The number of rotatable bonds is 1. The molecule has 22 heavy (non-hydrogen) atoms. The molecule has 0 unspecified atom stereocenters. The Morgan fingerprint density at radius 3 is 2.86 bits per heavy atom. The van der Waals surface area contributed by atoms with E-state index in [9.17, 15) is 0 Å². The van der Waals surface area contributed by atoms with Gasteiger partial charge in [-0.05, 0) is 25.7 Å². The van der Waals surface area contributed by atoms with Crippen molar-refractivity contribution in [1.82, 2.24) is 9.97 Å². The number of hydrogen-bond donors (Lipinski definition) is 2. The van der Waals surface area contributed by atoms with Crippen LogP contribution in [0.1, 0.15) is 44.4 Å². The van der Waals surface area contributed by atoms with Gasteiger partial charge in [0.05, 0.1) is 0 Å². The van der Waals surface area contributed by atoms with Crippen molar-refractivity contribution in [3.8, 4) is 0 Å². The zero-order chi connectivity index (χ0) is 15.5. The molecule has 0 bridgehead atoms. The lowest BCUT2D eigenvalue weighted by atomic mass is 9.77. The Bertz CT molecular complexity index is 736. The summed E-state index contributed by atoms with van der Waals surface area (Å²) in [6.07, 6.45) is 4.26. The monoisotopic (exact) mass is 301 g/mol. The highest BCUT2D eigenvalue weighted by molar-refractivity contribution is 5.89. The zero-order valence-corrected chi connectivity index (χ0v) is 13.2. The quantitative estimate of drug-likeness (QED) is 0.836. The first kappa shape index (κ1) is 13.8. The summed E-state index contributed by atoms with van der Waals surface area (Å²) in [6, 6.07) is 0.187. The summed E-state index contributed by atoms with van der Waals surface area (Å²) in [5.41, 5.74) is 14.9. The van der Waals surface area contributed by atoms with Crippen LogP contribution < -0.4 is 16.4 Å². The lowest BCUT2D eigenvalue weighted by molar-refractivity contribution is 0.345. The lowest BCUT2D eigenvalue weighted by Crippen LogP contribution is -2.27. The van der Waals surface area contributed by atoms with Gasteiger partial charge >= 0.3 is 0 Å². The third-order valence-electron chi connectivity index (χ3n) is 5.00. The molecule has 2 aliphatic rings. The molecule has 6 nitrogen and oxygen atoms in total. The van der Waals surface area contributed by atoms with Gasteiger partial charge in [0.25, 0.3) is 0 Å². The van der Waals surface area contributed by atoms with E-state index in [-0.39, 0.29) is 11.5 Å². The molecule has 0 amide bonds. The summed E-state index contributed by atoms with van der Waals surface area (Å²) in [7, 11) is 0. The molecule has 1 aliphatic heterocycles. The number of hydrogen-bond acceptors (Lipinski definition) is 6. The average molecular weight is 301 g/mol. The number of nitrogen functional groups attached to an aromatic ring is 1. The van der Waals surface area contributed by atoms with Gasteiger partial charge in [-0.3, -0.25) is 0 Å². The SMILES string of the molecule is CC1(C)CCCc2c1oc1c(N3CC[C@H](N)C3)nc(N)nc21. The minimum atomic E-state index is 0.0434. The van der Waals surface area contributed by atoms with Crippen LogP contribution >= 0.6 is 0 Å². The molecule has 4 rings (SSSR count). The van der Waals surface area contributed by atoms with Gasteiger partial charge in [0.15, 0.2) is 11.4 Å². The molecule has 2 aromatic rings. The summed E-state index contributed by atoms with van der Waals surface area (Å²) in [6.45, 7) is 6.15. The first-order valence-electron chi connectivity index (χ1n) is 8.05. The maximum atomic E-state index is 6.28. The fourth-order valence-corrected chi connectivity index (χ4v) is 3.82. The van der Waals surface area contributed by atoms with E-state index in [0.29, 0.717) is 5.95 Å². The van der Waals surface area contributed by atoms with E-state index in [2.05, 4.69) is 28.7 Å². The Morgan fingerprint density at radius 2 is 2.14 bits per heavy atom. The second-order valence-electron chi connectivity index (χ2n) is 7.23. The van der Waals surface area contributed by atoms with E-state index in [1.165, 1.54) is 5.56 Å². The summed E-state index contributed by atoms with van der Waals surface area (Å²) in [5, 5.41) is 0. The predicted octanol–water partition coefficient (Wildman–Crippen LogP) is 1.96. The van der Waals surface area contributed by atoms with Crippen LogP contribution in [0.4, 0.5) is 11.8 Å². The highest BCUT2D eigenvalue weighted by Gasteiger charge is 2.35. The fraction of sp³-hybridized carbons (Fsp3) is 0.625. The number of nitrogens with zero attached hydrogens (tertiary/aromatic N) is 3. The van der Waals surface area contributed by atoms with Crippen molar-refractivity contribution in [2.24, 2.45) is 5.73 Å². The Hall–Kier alpha value is -1.82. The number of furan rings is 1. The summed E-state index contributed by atoms with van der Waals surface area (Å²) < 4.78 is 6.28. The van der Waals surface area contributed by atoms with E-state index in [1.54, 1.807) is 0 Å². The number of anilines is 2. The van der Waals surface area contributed by atoms with E-state index < -0.39 is 0 Å². The van der Waals surface area contributed by atoms with Crippen molar-refractivity contribution in [2.75, 3.05) is 23.7 Å². The van der Waals surface area contributed by atoms with Crippen molar-refractivity contribution in [1.29, 1.82) is 0 Å². The highest BCUT2D eigenvalue weighted by Crippen LogP contribution is 2.43. The second-order valence-corrected chi connectivity index (χ2v) is 7.23. The van der Waals surface area contributed by atoms with Gasteiger partial charge < -0.3 is 20.8 Å². The molecule has 0 spiro atoms. The van der Waals surface area contributed by atoms with E-state index >= 15 is 0 Å². The number of aryl methyl sites for hydroxylation is 1. The third kappa shape index (κ3) is 1.97. The molecule has 118 valence electrons. The van der Waals surface area contributed by atoms with E-state index in [1.807, 2.05) is 0 Å². The first-order valence-corrected chi connectivity index (χ1v) is 8.05. The molecule has 0 aromatic carbocycles. The van der Waals surface area contributed by atoms with Crippen LogP contribution in [0.15, 0.2) is 4.42 Å². The molecule has 2 aromatic heterocycles. The lowest BCUT2D eigenvalue weighted by Gasteiger charge is -2.27. The maximum absolute atomic E-state index is 6.28. The molecule has 3 heterocycles. The number of aromatic nitrogens is 2. The van der Waals surface area contributed by atoms with Gasteiger partial charge in [-0.15, -0.1) is 0 Å². The Labute approximate surface area is 129 Å². The van der Waals surface area contributed by atoms with Crippen LogP contribution in [0.2, 0.25) is 0 Å². The van der Waals surface area contributed by atoms with Crippen molar-refractivity contribution < 1.29 is 4.42 Å². The third-order valence-corrected chi connectivity index (χ3v) is 5.00. The van der Waals surface area contributed by atoms with Crippen molar-refractivity contribution in [2.45, 2.75) is 51.0 Å². The van der Waals surface area contributed by atoms with Crippen LogP contribution in [0.5, 0.6) is 0 Å². The second kappa shape index (κ2) is 4.59. The van der Waals surface area contributed by atoms with Crippen LogP contribution in [0.25, 0.3) is 11.1 Å². The molecule has 6 heteroatoms. The summed E-state index contributed by atoms with van der Waals surface area (Å²) >= 11 is 0. The summed E-state index contributed by atoms with van der Waals surface area (Å²) in [4.78, 5) is 11.1. The van der Waals surface area contributed by atoms with Gasteiger partial charge in [-0.2, -0.15) is 4.98 Å². The number of fused-ring (bicyclic) bond motifs is 3. The average Bonchev–Trinajstić information content (AvgIpc) is 3.03. The Kier molecular flexibility index (Phi) is 2.88. The Morgan fingerprint density at radius 1 is 1.32 bits per heavy atom. The number of nitrogens with two attached hydrogens (primary N) is 2. The van der Waals surface area contributed by atoms with Gasteiger partial charge in [0.1, 0.15) is 11.3 Å². The fourth-order valence-electron chi connectivity index (χ4n) is 3.82. The standard InChI is InChI=1S/C16H23N5O/c1-16(2)6-3-4-10-11-12(22-13(10)16)14(20-15(18)19-11)21-7-5-9(17)8-21/h9H,3-8,17H2,1-2H3,(H2,18,19,20)/t9-/m0/s1. The highest BCUT2D eigenvalue weighted by atomic mass is 16.3. The molecular formula is C16H23N5O. The Balaban J connectivity index is 1.93. The van der Waals surface area contributed by atoms with Crippen LogP contribution in [-0.4, -0.2) is 29.1 Å². The predicted molar refractivity (Wildman–Crippen MR) is 87.0 cm³/mol. The first-order chi connectivity index (χ1) is 10.5. The van der Waals surface area contributed by atoms with Crippen LogP contribution in [0.3, 0.4) is 0 Å². The molecule has 1 saturated heterocycles. The van der Waals surface area contributed by atoms with Crippen molar-refractivity contribution >= 4 is 22.9 Å². The van der Waals surface area contributed by atoms with Crippen LogP contribution in [-0.2, 0) is 11.8 Å². The maximum Gasteiger partial charge on any atom is 0.222 e. The van der Waals surface area contributed by atoms with Gasteiger partial charge in [0, 0.05) is 30.1 Å². The van der Waals surface area contributed by atoms with E-state index in [4.69, 9.17) is 15.9 Å². The van der Waals surface area contributed by atoms with Gasteiger partial charge in [-0.25, -0.2) is 4.98 Å². The molecule has 1 aliphatic carbocycles. The molecule has 0 radical (unpaired) electrons. The molecular weight excluding hydrogens is 278 g/mol. The molecule has 4 N–H and O–H groups in total. The molecule has 1 fully saturated rings.